The third-order valence-corrected chi connectivity index (χ3v) is 5.25. The number of carbonyl (C=O) groups is 2. The minimum absolute atomic E-state index is 0.527. The minimum Gasteiger partial charge on any atom is -0.388 e. The molecule has 0 spiro atoms. The largest absolute Gasteiger partial charge is 0.388 e. The molecule has 6 heteroatoms. The highest BCUT2D eigenvalue weighted by Crippen LogP contribution is 2.25. The Morgan fingerprint density at radius 2 is 0.923 bits per heavy atom. The average molecular weight is 373 g/mol. The number of rotatable bonds is 12. The monoisotopic (exact) mass is 372 g/mol. The molecular weight excluding hydrogens is 332 g/mol. The van der Waals surface area contributed by atoms with Crippen LogP contribution in [0.3, 0.4) is 0 Å². The Kier molecular flexibility index (Phi) is 11.0. The first kappa shape index (κ1) is 24.9. The van der Waals surface area contributed by atoms with E-state index in [9.17, 15) is 19.8 Å². The van der Waals surface area contributed by atoms with Crippen molar-refractivity contribution >= 4 is 11.8 Å². The molecule has 26 heavy (non-hydrogen) atoms. The van der Waals surface area contributed by atoms with Gasteiger partial charge in [0.1, 0.15) is 0 Å². The van der Waals surface area contributed by atoms with Crippen LogP contribution in [0, 0.1) is 0 Å². The normalized spacial score (nSPS) is 14.6. The summed E-state index contributed by atoms with van der Waals surface area (Å²) in [6.45, 7) is 11.4. The molecule has 0 aliphatic heterocycles. The number of nitrogens with one attached hydrogen (secondary N) is 2. The summed E-state index contributed by atoms with van der Waals surface area (Å²) < 4.78 is 0. The van der Waals surface area contributed by atoms with Gasteiger partial charge in [-0.25, -0.2) is 0 Å². The number of hydrogen-bond donors (Lipinski definition) is 4. The van der Waals surface area contributed by atoms with Gasteiger partial charge < -0.3 is 20.8 Å². The first-order chi connectivity index (χ1) is 12.1. The van der Waals surface area contributed by atoms with Gasteiger partial charge in [0, 0.05) is 0 Å². The molecular formula is C20H40N2O4. The Morgan fingerprint density at radius 3 is 1.12 bits per heavy atom. The van der Waals surface area contributed by atoms with E-state index in [4.69, 9.17) is 0 Å². The van der Waals surface area contributed by atoms with E-state index in [2.05, 4.69) is 10.6 Å². The van der Waals surface area contributed by atoms with Gasteiger partial charge in [0.05, 0.1) is 23.3 Å². The second-order valence-electron chi connectivity index (χ2n) is 7.60. The van der Waals surface area contributed by atoms with E-state index < -0.39 is 35.1 Å². The van der Waals surface area contributed by atoms with Gasteiger partial charge in [-0.1, -0.05) is 53.4 Å². The van der Waals surface area contributed by atoms with Crippen molar-refractivity contribution < 1.29 is 19.8 Å². The van der Waals surface area contributed by atoms with Crippen LogP contribution in [0.1, 0.15) is 92.9 Å². The number of carbonyl (C=O) groups excluding carboxylic acids is 2. The average Bonchev–Trinajstić information content (AvgIpc) is 2.55. The molecule has 0 bridgehead atoms. The molecule has 2 atom stereocenters. The van der Waals surface area contributed by atoms with Gasteiger partial charge in [-0.3, -0.25) is 9.59 Å². The van der Waals surface area contributed by atoms with E-state index in [0.29, 0.717) is 25.7 Å². The van der Waals surface area contributed by atoms with Crippen molar-refractivity contribution in [1.29, 1.82) is 0 Å². The van der Waals surface area contributed by atoms with Gasteiger partial charge >= 0.3 is 11.8 Å². The molecule has 0 aromatic heterocycles. The number of amides is 2. The zero-order chi connectivity index (χ0) is 20.4. The van der Waals surface area contributed by atoms with Crippen LogP contribution in [-0.2, 0) is 9.59 Å². The quantitative estimate of drug-likeness (QED) is 0.396. The second-order valence-corrected chi connectivity index (χ2v) is 7.60. The molecule has 2 unspecified atom stereocenters. The van der Waals surface area contributed by atoms with Crippen LogP contribution < -0.4 is 10.6 Å². The molecule has 6 nitrogen and oxygen atoms in total. The van der Waals surface area contributed by atoms with E-state index in [1.54, 1.807) is 13.8 Å². The lowest BCUT2D eigenvalue weighted by Crippen LogP contribution is -2.57. The van der Waals surface area contributed by atoms with Gasteiger partial charge in [-0.05, 0) is 39.5 Å². The van der Waals surface area contributed by atoms with Crippen molar-refractivity contribution in [2.75, 3.05) is 0 Å². The van der Waals surface area contributed by atoms with E-state index in [0.717, 1.165) is 25.7 Å². The highest BCUT2D eigenvalue weighted by Gasteiger charge is 2.36. The topological polar surface area (TPSA) is 98.7 Å². The summed E-state index contributed by atoms with van der Waals surface area (Å²) >= 11 is 0. The predicted octanol–water partition coefficient (Wildman–Crippen LogP) is 2.66. The maximum atomic E-state index is 12.3. The lowest BCUT2D eigenvalue weighted by molar-refractivity contribution is -0.142. The predicted molar refractivity (Wildman–Crippen MR) is 105 cm³/mol. The second kappa shape index (κ2) is 11.5. The summed E-state index contributed by atoms with van der Waals surface area (Å²) in [5, 5.41) is 26.8. The molecule has 0 heterocycles. The highest BCUT2D eigenvalue weighted by molar-refractivity contribution is 6.35. The van der Waals surface area contributed by atoms with Crippen LogP contribution in [0.2, 0.25) is 0 Å². The van der Waals surface area contributed by atoms with E-state index in [1.807, 2.05) is 27.7 Å². The van der Waals surface area contributed by atoms with E-state index >= 15 is 0 Å². The molecule has 0 saturated heterocycles. The van der Waals surface area contributed by atoms with Gasteiger partial charge in [-0.15, -0.1) is 0 Å². The molecule has 154 valence electrons. The van der Waals surface area contributed by atoms with Gasteiger partial charge in [0.2, 0.25) is 0 Å². The van der Waals surface area contributed by atoms with Crippen LogP contribution in [0.4, 0.5) is 0 Å². The Hall–Kier alpha value is -1.14. The van der Waals surface area contributed by atoms with Crippen molar-refractivity contribution in [2.24, 2.45) is 0 Å². The lowest BCUT2D eigenvalue weighted by atomic mass is 9.85. The fraction of sp³-hybridized carbons (Fsp3) is 0.900. The van der Waals surface area contributed by atoms with Gasteiger partial charge in [0.25, 0.3) is 0 Å². The van der Waals surface area contributed by atoms with Crippen LogP contribution >= 0.6 is 0 Å². The third kappa shape index (κ3) is 7.23. The molecule has 2 amide bonds. The molecule has 0 aromatic rings. The van der Waals surface area contributed by atoms with Crippen LogP contribution in [0.25, 0.3) is 0 Å². The smallest absolute Gasteiger partial charge is 0.309 e. The summed E-state index contributed by atoms with van der Waals surface area (Å²) in [6.07, 6.45) is 5.42. The van der Waals surface area contributed by atoms with Crippen LogP contribution in [-0.4, -0.2) is 45.3 Å². The molecule has 0 aromatic carbocycles. The maximum Gasteiger partial charge on any atom is 0.309 e. The van der Waals surface area contributed by atoms with Crippen LogP contribution in [0.15, 0.2) is 0 Å². The molecule has 0 rings (SSSR count). The summed E-state index contributed by atoms with van der Waals surface area (Å²) in [4.78, 5) is 24.5. The van der Waals surface area contributed by atoms with Gasteiger partial charge in [-0.2, -0.15) is 0 Å². The first-order valence-electron chi connectivity index (χ1n) is 10.2. The fourth-order valence-corrected chi connectivity index (χ4v) is 3.64. The summed E-state index contributed by atoms with van der Waals surface area (Å²) in [7, 11) is 0. The molecule has 0 saturated carbocycles. The van der Waals surface area contributed by atoms with Crippen LogP contribution in [0.5, 0.6) is 0 Å². The zero-order valence-corrected chi connectivity index (χ0v) is 17.5. The molecule has 0 aliphatic rings. The van der Waals surface area contributed by atoms with E-state index in [-0.39, 0.29) is 0 Å². The third-order valence-electron chi connectivity index (χ3n) is 5.25. The Labute approximate surface area is 159 Å². The summed E-state index contributed by atoms with van der Waals surface area (Å²) in [6, 6.07) is -1.05. The molecule has 0 radical (unpaired) electrons. The Balaban J connectivity index is 4.92. The standard InChI is InChI=1S/C20H40N2O4/c1-7-11-19(25,12-8-2)15(5)21-17(23)18(24)22-16(6)20(26,13-9-3)14-10-4/h15-16,25-26H,7-14H2,1-6H3,(H,21,23)(H,22,24). The van der Waals surface area contributed by atoms with Crippen molar-refractivity contribution in [3.8, 4) is 0 Å². The molecule has 0 fully saturated rings. The van der Waals surface area contributed by atoms with Crippen molar-refractivity contribution in [3.63, 3.8) is 0 Å². The summed E-state index contributed by atoms with van der Waals surface area (Å²) in [5.74, 6) is -1.55. The first-order valence-corrected chi connectivity index (χ1v) is 10.2. The number of hydrogen-bond acceptors (Lipinski definition) is 4. The fourth-order valence-electron chi connectivity index (χ4n) is 3.64. The maximum absolute atomic E-state index is 12.3. The molecule has 0 aliphatic carbocycles. The SMILES string of the molecule is CCCC(O)(CCC)C(C)NC(=O)C(=O)NC(C)C(O)(CCC)CCC. The zero-order valence-electron chi connectivity index (χ0n) is 17.5. The Morgan fingerprint density at radius 1 is 0.692 bits per heavy atom. The van der Waals surface area contributed by atoms with E-state index in [1.165, 1.54) is 0 Å². The Bertz CT molecular complexity index is 388. The number of aliphatic hydroxyl groups is 2. The van der Waals surface area contributed by atoms with Gasteiger partial charge in [0.15, 0.2) is 0 Å². The van der Waals surface area contributed by atoms with Crippen molar-refractivity contribution in [2.45, 2.75) is 116 Å². The molecule has 4 N–H and O–H groups in total. The van der Waals surface area contributed by atoms with Crippen molar-refractivity contribution in [1.82, 2.24) is 10.6 Å². The summed E-state index contributed by atoms with van der Waals surface area (Å²) in [5.41, 5.74) is -2.04. The van der Waals surface area contributed by atoms with Crippen molar-refractivity contribution in [3.05, 3.63) is 0 Å². The minimum atomic E-state index is -1.02. The lowest BCUT2D eigenvalue weighted by Gasteiger charge is -2.36. The highest BCUT2D eigenvalue weighted by atomic mass is 16.3.